The maximum absolute atomic E-state index is 9.35. The molecule has 2 saturated heterocycles. The highest BCUT2D eigenvalue weighted by Crippen LogP contribution is 2.46. The number of aromatic nitrogens is 2. The third kappa shape index (κ3) is 3.62. The van der Waals surface area contributed by atoms with Crippen molar-refractivity contribution in [3.05, 3.63) is 30.1 Å². The van der Waals surface area contributed by atoms with Gasteiger partial charge in [0, 0.05) is 19.6 Å². The molecule has 1 aliphatic carbocycles. The van der Waals surface area contributed by atoms with Gasteiger partial charge < -0.3 is 14.5 Å². The molecule has 29 heavy (non-hydrogen) atoms. The van der Waals surface area contributed by atoms with Crippen molar-refractivity contribution in [2.75, 3.05) is 37.6 Å². The van der Waals surface area contributed by atoms with Crippen LogP contribution in [-0.4, -0.2) is 59.4 Å². The second kappa shape index (κ2) is 7.62. The minimum absolute atomic E-state index is 0.193. The summed E-state index contributed by atoms with van der Waals surface area (Å²) in [5.74, 6) is 0. The van der Waals surface area contributed by atoms with Gasteiger partial charge in [-0.3, -0.25) is 0 Å². The van der Waals surface area contributed by atoms with Crippen LogP contribution in [0.25, 0.3) is 5.52 Å². The van der Waals surface area contributed by atoms with Crippen molar-refractivity contribution in [2.24, 2.45) is 5.41 Å². The Labute approximate surface area is 173 Å². The number of hydrogen-bond acceptors (Lipinski definition) is 5. The summed E-state index contributed by atoms with van der Waals surface area (Å²) in [5, 5.41) is 13.7. The van der Waals surface area contributed by atoms with Crippen LogP contribution in [0.5, 0.6) is 0 Å². The van der Waals surface area contributed by atoms with Crippen molar-refractivity contribution >= 4 is 11.2 Å². The molecule has 6 heteroatoms. The number of fused-ring (bicyclic) bond motifs is 1. The van der Waals surface area contributed by atoms with Gasteiger partial charge in [-0.05, 0) is 69.3 Å². The van der Waals surface area contributed by atoms with Crippen LogP contribution >= 0.6 is 0 Å². The first-order chi connectivity index (χ1) is 14.2. The Morgan fingerprint density at radius 2 is 1.93 bits per heavy atom. The fourth-order valence-corrected chi connectivity index (χ4v) is 5.82. The van der Waals surface area contributed by atoms with Crippen molar-refractivity contribution in [1.29, 1.82) is 5.26 Å². The largest absolute Gasteiger partial charge is 0.370 e. The molecule has 0 radical (unpaired) electrons. The Morgan fingerprint density at radius 1 is 1.14 bits per heavy atom. The summed E-state index contributed by atoms with van der Waals surface area (Å²) in [4.78, 5) is 5.04. The zero-order chi connectivity index (χ0) is 19.8. The van der Waals surface area contributed by atoms with E-state index in [-0.39, 0.29) is 12.2 Å². The average Bonchev–Trinajstić information content (AvgIpc) is 3.39. The van der Waals surface area contributed by atoms with E-state index in [0.717, 1.165) is 30.8 Å². The number of ether oxygens (including phenoxy) is 1. The number of hydrogen-bond donors (Lipinski definition) is 0. The van der Waals surface area contributed by atoms with Crippen LogP contribution in [0.2, 0.25) is 0 Å². The first kappa shape index (κ1) is 18.9. The Morgan fingerprint density at radius 3 is 2.69 bits per heavy atom. The second-order valence-corrected chi connectivity index (χ2v) is 9.33. The van der Waals surface area contributed by atoms with Gasteiger partial charge >= 0.3 is 0 Å². The zero-order valence-electron chi connectivity index (χ0n) is 17.4. The molecule has 0 aromatic carbocycles. The van der Waals surface area contributed by atoms with Gasteiger partial charge in [0.1, 0.15) is 11.8 Å². The molecule has 4 heterocycles. The molecule has 5 rings (SSSR count). The van der Waals surface area contributed by atoms with Crippen LogP contribution < -0.4 is 4.90 Å². The number of piperidine rings is 1. The van der Waals surface area contributed by atoms with Gasteiger partial charge in [0.05, 0.1) is 29.6 Å². The van der Waals surface area contributed by atoms with Gasteiger partial charge in [-0.2, -0.15) is 10.4 Å². The van der Waals surface area contributed by atoms with E-state index in [4.69, 9.17) is 4.74 Å². The number of nitriles is 1. The molecule has 2 aromatic heterocycles. The molecular formula is C23H31N5O. The van der Waals surface area contributed by atoms with Crippen LogP contribution in [0.1, 0.15) is 51.1 Å². The van der Waals surface area contributed by atoms with E-state index < -0.39 is 0 Å². The van der Waals surface area contributed by atoms with Crippen LogP contribution in [-0.2, 0) is 4.74 Å². The normalized spacial score (nSPS) is 27.5. The van der Waals surface area contributed by atoms with Gasteiger partial charge in [0.25, 0.3) is 0 Å². The summed E-state index contributed by atoms with van der Waals surface area (Å²) < 4.78 is 8.08. The quantitative estimate of drug-likeness (QED) is 0.799. The Bertz CT molecular complexity index is 900. The SMILES string of the molecule is C[C@@H]1CN(c2ccc(C#N)n3nccc23)C[C@H](CN2CCC3(CCCC3)CC2)O1. The predicted octanol–water partition coefficient (Wildman–Crippen LogP) is 3.46. The molecule has 0 amide bonds. The van der Waals surface area contributed by atoms with Gasteiger partial charge in [-0.1, -0.05) is 12.8 Å². The predicted molar refractivity (Wildman–Crippen MR) is 113 cm³/mol. The fourth-order valence-electron chi connectivity index (χ4n) is 5.82. The highest BCUT2D eigenvalue weighted by molar-refractivity contribution is 5.74. The van der Waals surface area contributed by atoms with Crippen LogP contribution in [0.4, 0.5) is 5.69 Å². The summed E-state index contributed by atoms with van der Waals surface area (Å²) in [5.41, 5.74) is 3.38. The topological polar surface area (TPSA) is 56.8 Å². The standard InChI is InChI=1S/C23H31N5O/c1-18-15-27(21-5-4-19(14-24)28-22(21)6-11-25-28)17-20(29-18)16-26-12-9-23(10-13-26)7-2-3-8-23/h4-6,11,18,20H,2-3,7-10,12-13,15-17H2,1H3/t18-,20+/m1/s1. The fraction of sp³-hybridized carbons (Fsp3) is 0.652. The summed E-state index contributed by atoms with van der Waals surface area (Å²) in [7, 11) is 0. The average molecular weight is 394 g/mol. The molecule has 3 fully saturated rings. The molecule has 0 unspecified atom stereocenters. The van der Waals surface area contributed by atoms with Crippen molar-refractivity contribution in [2.45, 2.75) is 57.7 Å². The van der Waals surface area contributed by atoms with Gasteiger partial charge in [-0.25, -0.2) is 4.52 Å². The maximum Gasteiger partial charge on any atom is 0.142 e. The number of nitrogens with zero attached hydrogens (tertiary/aromatic N) is 5. The number of anilines is 1. The van der Waals surface area contributed by atoms with E-state index in [1.165, 1.54) is 51.6 Å². The van der Waals surface area contributed by atoms with Crippen LogP contribution in [0.15, 0.2) is 24.4 Å². The molecule has 2 atom stereocenters. The molecule has 154 valence electrons. The molecule has 0 bridgehead atoms. The lowest BCUT2D eigenvalue weighted by Crippen LogP contribution is -2.52. The lowest BCUT2D eigenvalue weighted by molar-refractivity contribution is -0.0400. The highest BCUT2D eigenvalue weighted by atomic mass is 16.5. The molecular weight excluding hydrogens is 362 g/mol. The summed E-state index contributed by atoms with van der Waals surface area (Å²) in [6, 6.07) is 8.16. The first-order valence-electron chi connectivity index (χ1n) is 11.2. The minimum atomic E-state index is 0.193. The third-order valence-electron chi connectivity index (χ3n) is 7.36. The molecule has 1 saturated carbocycles. The van der Waals surface area contributed by atoms with Crippen molar-refractivity contribution in [3.8, 4) is 6.07 Å². The lowest BCUT2D eigenvalue weighted by Gasteiger charge is -2.43. The van der Waals surface area contributed by atoms with E-state index in [1.54, 1.807) is 10.7 Å². The summed E-state index contributed by atoms with van der Waals surface area (Å²) >= 11 is 0. The maximum atomic E-state index is 9.35. The van der Waals surface area contributed by atoms with Gasteiger partial charge in [0.2, 0.25) is 0 Å². The molecule has 3 aliphatic rings. The zero-order valence-corrected chi connectivity index (χ0v) is 17.4. The third-order valence-corrected chi connectivity index (χ3v) is 7.36. The number of rotatable bonds is 3. The highest BCUT2D eigenvalue weighted by Gasteiger charge is 2.38. The summed E-state index contributed by atoms with van der Waals surface area (Å²) in [6.07, 6.45) is 10.7. The van der Waals surface area contributed by atoms with Gasteiger partial charge in [-0.15, -0.1) is 0 Å². The lowest BCUT2D eigenvalue weighted by atomic mass is 9.77. The van der Waals surface area contributed by atoms with E-state index >= 15 is 0 Å². The van der Waals surface area contributed by atoms with E-state index in [9.17, 15) is 5.26 Å². The number of morpholine rings is 1. The molecule has 1 spiro atoms. The molecule has 0 N–H and O–H groups in total. The monoisotopic (exact) mass is 393 g/mol. The van der Waals surface area contributed by atoms with Crippen molar-refractivity contribution < 1.29 is 4.74 Å². The van der Waals surface area contributed by atoms with Crippen LogP contribution in [0.3, 0.4) is 0 Å². The second-order valence-electron chi connectivity index (χ2n) is 9.33. The molecule has 6 nitrogen and oxygen atoms in total. The van der Waals surface area contributed by atoms with E-state index in [1.807, 2.05) is 12.1 Å². The molecule has 2 aliphatic heterocycles. The van der Waals surface area contributed by atoms with Crippen molar-refractivity contribution in [3.63, 3.8) is 0 Å². The van der Waals surface area contributed by atoms with Crippen LogP contribution in [0, 0.1) is 16.7 Å². The number of likely N-dealkylation sites (tertiary alicyclic amines) is 1. The Kier molecular flexibility index (Phi) is 4.97. The van der Waals surface area contributed by atoms with Crippen molar-refractivity contribution in [1.82, 2.24) is 14.5 Å². The Balaban J connectivity index is 1.28. The Hall–Kier alpha value is -2.10. The summed E-state index contributed by atoms with van der Waals surface area (Å²) in [6.45, 7) is 7.38. The van der Waals surface area contributed by atoms with E-state index in [2.05, 4.69) is 34.0 Å². The number of pyridine rings is 1. The minimum Gasteiger partial charge on any atom is -0.370 e. The van der Waals surface area contributed by atoms with E-state index in [0.29, 0.717) is 11.1 Å². The first-order valence-corrected chi connectivity index (χ1v) is 11.2. The molecule has 2 aromatic rings. The smallest absolute Gasteiger partial charge is 0.142 e. The van der Waals surface area contributed by atoms with Gasteiger partial charge in [0.15, 0.2) is 0 Å².